The number of hydrogen-bond donors (Lipinski definition) is 0. The summed E-state index contributed by atoms with van der Waals surface area (Å²) >= 11 is 0. The van der Waals surface area contributed by atoms with Gasteiger partial charge in [0.05, 0.1) is 32.3 Å². The summed E-state index contributed by atoms with van der Waals surface area (Å²) in [6.45, 7) is 7.21. The molecule has 0 unspecified atom stereocenters. The smallest absolute Gasteiger partial charge is 0.0782 e. The van der Waals surface area contributed by atoms with E-state index in [4.69, 9.17) is 15.3 Å². The van der Waals surface area contributed by atoms with Gasteiger partial charge in [-0.25, -0.2) is 0 Å². The Hall–Kier alpha value is -0.840. The van der Waals surface area contributed by atoms with Crippen molar-refractivity contribution in [2.75, 3.05) is 27.2 Å². The highest BCUT2D eigenvalue weighted by atomic mass is 16.9. The van der Waals surface area contributed by atoms with Crippen molar-refractivity contribution in [3.8, 4) is 0 Å². The Kier molecular flexibility index (Phi) is 20.6. The summed E-state index contributed by atoms with van der Waals surface area (Å²) in [6.07, 6.45) is 20.4. The summed E-state index contributed by atoms with van der Waals surface area (Å²) in [5.74, 6) is 0. The molecule has 25 heavy (non-hydrogen) atoms. The monoisotopic (exact) mass is 360 g/mol. The maximum Gasteiger partial charge on any atom is 0.0782 e. The van der Waals surface area contributed by atoms with E-state index in [-0.39, 0.29) is 0 Å². The van der Waals surface area contributed by atoms with Crippen molar-refractivity contribution in [1.29, 1.82) is 0 Å². The predicted octanol–water partition coefficient (Wildman–Crippen LogP) is 6.32. The van der Waals surface area contributed by atoms with Crippen LogP contribution in [-0.2, 0) is 0 Å². The van der Waals surface area contributed by atoms with Crippen LogP contribution in [0.25, 0.3) is 0 Å². The fraction of sp³-hybridized carbons (Fsp3) is 1.00. The molecule has 0 N–H and O–H groups in total. The fourth-order valence-corrected chi connectivity index (χ4v) is 2.89. The lowest BCUT2D eigenvalue weighted by molar-refractivity contribution is -0.888. The Labute approximate surface area is 156 Å². The highest BCUT2D eigenvalue weighted by Crippen LogP contribution is 2.13. The first-order chi connectivity index (χ1) is 11.9. The molecule has 0 bridgehead atoms. The third-order valence-corrected chi connectivity index (χ3v) is 4.97. The zero-order chi connectivity index (χ0) is 19.4. The van der Waals surface area contributed by atoms with Crippen LogP contribution < -0.4 is 0 Å². The van der Waals surface area contributed by atoms with E-state index in [2.05, 4.69) is 27.9 Å². The average Bonchev–Trinajstić information content (AvgIpc) is 2.54. The molecule has 0 aliphatic heterocycles. The van der Waals surface area contributed by atoms with Gasteiger partial charge < -0.3 is 19.8 Å². The van der Waals surface area contributed by atoms with E-state index in [1.54, 1.807) is 0 Å². The Bertz CT molecular complexity index is 280. The van der Waals surface area contributed by atoms with Gasteiger partial charge in [0.25, 0.3) is 0 Å². The Morgan fingerprint density at radius 2 is 0.920 bits per heavy atom. The molecule has 0 rings (SSSR count). The zero-order valence-electron chi connectivity index (χ0n) is 17.4. The molecule has 0 radical (unpaired) electrons. The second-order valence-electron chi connectivity index (χ2n) is 7.80. The molecule has 0 fully saturated rings. The number of unbranched alkanes of at least 4 members (excludes halogenated alkanes) is 13. The van der Waals surface area contributed by atoms with Crippen molar-refractivity contribution in [3.63, 3.8) is 0 Å². The van der Waals surface area contributed by atoms with E-state index in [9.17, 15) is 0 Å². The quantitative estimate of drug-likeness (QED) is 0.140. The second kappa shape index (κ2) is 19.5. The topological polar surface area (TPSA) is 66.2 Å². The van der Waals surface area contributed by atoms with Crippen LogP contribution in [0.4, 0.5) is 0 Å². The molecule has 0 heterocycles. The van der Waals surface area contributed by atoms with Gasteiger partial charge in [0.15, 0.2) is 0 Å². The molecule has 0 saturated carbocycles. The molecule has 0 aromatic rings. The van der Waals surface area contributed by atoms with Crippen LogP contribution in [0.3, 0.4) is 0 Å². The van der Waals surface area contributed by atoms with E-state index in [0.29, 0.717) is 0 Å². The Balaban J connectivity index is 0. The normalized spacial score (nSPS) is 11.0. The Morgan fingerprint density at radius 1 is 0.640 bits per heavy atom. The van der Waals surface area contributed by atoms with Gasteiger partial charge in [0, 0.05) is 0 Å². The summed E-state index contributed by atoms with van der Waals surface area (Å²) in [7, 11) is 4.70. The molecule has 0 atom stereocenters. The Morgan fingerprint density at radius 3 is 1.20 bits per heavy atom. The summed E-state index contributed by atoms with van der Waals surface area (Å²) in [6, 6.07) is 0. The van der Waals surface area contributed by atoms with Crippen molar-refractivity contribution in [1.82, 2.24) is 0 Å². The molecule has 0 aliphatic carbocycles. The highest BCUT2D eigenvalue weighted by Gasteiger charge is 2.09. The summed E-state index contributed by atoms with van der Waals surface area (Å²) in [5.41, 5.74) is 0. The number of nitrogens with zero attached hydrogens (tertiary/aromatic N) is 2. The van der Waals surface area contributed by atoms with Crippen LogP contribution in [0, 0.1) is 15.3 Å². The lowest BCUT2D eigenvalue weighted by atomic mass is 10.0. The minimum absolute atomic E-state index is 1.19. The van der Waals surface area contributed by atoms with Crippen molar-refractivity contribution in [3.05, 3.63) is 15.3 Å². The average molecular weight is 361 g/mol. The van der Waals surface area contributed by atoms with Gasteiger partial charge in [0.2, 0.25) is 0 Å². The van der Waals surface area contributed by atoms with E-state index in [1.165, 1.54) is 107 Å². The van der Waals surface area contributed by atoms with Crippen molar-refractivity contribution in [2.24, 2.45) is 0 Å². The van der Waals surface area contributed by atoms with Crippen LogP contribution in [0.15, 0.2) is 0 Å². The van der Waals surface area contributed by atoms with Gasteiger partial charge in [-0.3, -0.25) is 0 Å². The van der Waals surface area contributed by atoms with Crippen molar-refractivity contribution < 1.29 is 9.57 Å². The SMILES string of the molecule is CCCCCCCCCCCCCCCC[N+](C)(C)CC.O=[N+]([O-])[O-]. The van der Waals surface area contributed by atoms with E-state index >= 15 is 0 Å². The van der Waals surface area contributed by atoms with Gasteiger partial charge in [0.1, 0.15) is 0 Å². The molecular formula is C20H44N2O3. The molecule has 5 nitrogen and oxygen atoms in total. The summed E-state index contributed by atoms with van der Waals surface area (Å²) < 4.78 is 1.19. The van der Waals surface area contributed by atoms with E-state index in [1.807, 2.05) is 0 Å². The number of rotatable bonds is 16. The highest BCUT2D eigenvalue weighted by molar-refractivity contribution is 4.49. The van der Waals surface area contributed by atoms with Crippen LogP contribution in [0.5, 0.6) is 0 Å². The van der Waals surface area contributed by atoms with E-state index < -0.39 is 5.09 Å². The maximum atomic E-state index is 8.25. The number of quaternary nitrogens is 1. The molecule has 0 aliphatic rings. The molecule has 0 spiro atoms. The molecule has 0 aromatic carbocycles. The van der Waals surface area contributed by atoms with Gasteiger partial charge >= 0.3 is 0 Å². The van der Waals surface area contributed by atoms with Crippen molar-refractivity contribution in [2.45, 2.75) is 104 Å². The lowest BCUT2D eigenvalue weighted by Gasteiger charge is -2.28. The van der Waals surface area contributed by atoms with Crippen LogP contribution >= 0.6 is 0 Å². The van der Waals surface area contributed by atoms with E-state index in [0.717, 1.165) is 0 Å². The molecule has 5 heteroatoms. The van der Waals surface area contributed by atoms with Crippen LogP contribution in [0.2, 0.25) is 0 Å². The fourth-order valence-electron chi connectivity index (χ4n) is 2.89. The zero-order valence-corrected chi connectivity index (χ0v) is 17.4. The first-order valence-electron chi connectivity index (χ1n) is 10.5. The van der Waals surface area contributed by atoms with Gasteiger partial charge in [-0.2, -0.15) is 0 Å². The molecule has 0 saturated heterocycles. The molecule has 152 valence electrons. The minimum Gasteiger partial charge on any atom is -0.356 e. The molecule has 0 aromatic heterocycles. The number of hydrogen-bond acceptors (Lipinski definition) is 3. The van der Waals surface area contributed by atoms with Gasteiger partial charge in [-0.05, 0) is 19.8 Å². The molecule has 0 amide bonds. The largest absolute Gasteiger partial charge is 0.356 e. The first kappa shape index (κ1) is 26.4. The standard InChI is InChI=1S/C20H44N.NO3/c1-5-7-8-9-10-11-12-13-14-15-16-17-18-19-20-21(3,4)6-2;2-1(3)4/h5-20H2,1-4H3;/q+1;-1. The maximum absolute atomic E-state index is 8.25. The first-order valence-corrected chi connectivity index (χ1v) is 10.5. The lowest BCUT2D eigenvalue weighted by Crippen LogP contribution is -2.39. The van der Waals surface area contributed by atoms with Crippen molar-refractivity contribution >= 4 is 0 Å². The third kappa shape index (κ3) is 28.2. The second-order valence-corrected chi connectivity index (χ2v) is 7.80. The molecular weight excluding hydrogens is 316 g/mol. The van der Waals surface area contributed by atoms with Gasteiger partial charge in [-0.1, -0.05) is 84.0 Å². The summed E-state index contributed by atoms with van der Waals surface area (Å²) in [5, 5.41) is 14.8. The van der Waals surface area contributed by atoms with Crippen LogP contribution in [0.1, 0.15) is 104 Å². The van der Waals surface area contributed by atoms with Gasteiger partial charge in [-0.15, -0.1) is 0 Å². The van der Waals surface area contributed by atoms with Crippen LogP contribution in [-0.4, -0.2) is 36.8 Å². The minimum atomic E-state index is -1.75. The summed E-state index contributed by atoms with van der Waals surface area (Å²) in [4.78, 5) is 8.25. The third-order valence-electron chi connectivity index (χ3n) is 4.97. The predicted molar refractivity (Wildman–Crippen MR) is 108 cm³/mol.